The third kappa shape index (κ3) is 5.65. The highest BCUT2D eigenvalue weighted by molar-refractivity contribution is 5.85. The smallest absolute Gasteiger partial charge is 0.410 e. The molecule has 1 amide bonds. The summed E-state index contributed by atoms with van der Waals surface area (Å²) in [6.45, 7) is 12.3. The third-order valence-electron chi connectivity index (χ3n) is 4.13. The first-order chi connectivity index (χ1) is 12.7. The highest BCUT2D eigenvalue weighted by atomic mass is 35.5. The molecule has 4 rings (SSSR count). The van der Waals surface area contributed by atoms with E-state index in [2.05, 4.69) is 25.6 Å². The molecule has 0 atom stereocenters. The number of ether oxygens (including phenoxy) is 1. The predicted octanol–water partition coefficient (Wildman–Crippen LogP) is 2.20. The summed E-state index contributed by atoms with van der Waals surface area (Å²) < 4.78 is 15.0. The molecule has 0 radical (unpaired) electrons. The molecule has 2 saturated heterocycles. The zero-order valence-corrected chi connectivity index (χ0v) is 17.6. The monoisotopic (exact) mass is 414 g/mol. The molecule has 2 aliphatic heterocycles. The summed E-state index contributed by atoms with van der Waals surface area (Å²) in [5, 5.41) is 10.8. The van der Waals surface area contributed by atoms with Gasteiger partial charge in [0.25, 0.3) is 0 Å². The van der Waals surface area contributed by atoms with E-state index < -0.39 is 5.60 Å². The Labute approximate surface area is 169 Å². The van der Waals surface area contributed by atoms with Crippen LogP contribution in [0.3, 0.4) is 0 Å². The fourth-order valence-electron chi connectivity index (χ4n) is 2.55. The Kier molecular flexibility index (Phi) is 7.00. The van der Waals surface area contributed by atoms with Crippen LogP contribution in [0.2, 0.25) is 0 Å². The quantitative estimate of drug-likeness (QED) is 0.788. The maximum absolute atomic E-state index is 11.7. The molecular weight excluding hydrogens is 388 g/mol. The lowest BCUT2D eigenvalue weighted by Gasteiger charge is -2.38. The topological polar surface area (TPSA) is 119 Å². The Bertz CT molecular complexity index is 777. The van der Waals surface area contributed by atoms with Gasteiger partial charge in [-0.05, 0) is 20.8 Å². The molecule has 0 bridgehead atoms. The second-order valence-corrected chi connectivity index (χ2v) is 7.78. The van der Waals surface area contributed by atoms with Crippen LogP contribution in [0, 0.1) is 13.8 Å². The number of aromatic nitrogens is 4. The summed E-state index contributed by atoms with van der Waals surface area (Å²) in [5.41, 5.74) is -0.453. The van der Waals surface area contributed by atoms with Gasteiger partial charge in [0, 0.05) is 45.9 Å². The van der Waals surface area contributed by atoms with Crippen LogP contribution < -0.4 is 5.32 Å². The molecule has 2 aromatic heterocycles. The van der Waals surface area contributed by atoms with Crippen molar-refractivity contribution < 1.29 is 18.6 Å². The van der Waals surface area contributed by atoms with Crippen molar-refractivity contribution in [1.29, 1.82) is 0 Å². The second kappa shape index (κ2) is 8.87. The van der Waals surface area contributed by atoms with E-state index >= 15 is 0 Å². The van der Waals surface area contributed by atoms with Gasteiger partial charge < -0.3 is 24.0 Å². The van der Waals surface area contributed by atoms with Gasteiger partial charge in [-0.15, -0.1) is 12.4 Å². The van der Waals surface area contributed by atoms with Gasteiger partial charge in [0.1, 0.15) is 5.60 Å². The molecule has 0 saturated carbocycles. The summed E-state index contributed by atoms with van der Waals surface area (Å²) in [6, 6.07) is 0. The molecular formula is C17H27ClN6O4. The fraction of sp³-hybridized carbons (Fsp3) is 0.706. The molecule has 28 heavy (non-hydrogen) atoms. The Morgan fingerprint density at radius 3 is 1.89 bits per heavy atom. The van der Waals surface area contributed by atoms with Gasteiger partial charge in [-0.3, -0.25) is 0 Å². The number of carbonyl (C=O) groups is 1. The highest BCUT2D eigenvalue weighted by Gasteiger charge is 2.37. The second-order valence-electron chi connectivity index (χ2n) is 7.78. The van der Waals surface area contributed by atoms with E-state index in [1.54, 1.807) is 11.8 Å². The van der Waals surface area contributed by atoms with E-state index in [0.717, 1.165) is 18.9 Å². The van der Waals surface area contributed by atoms with Crippen LogP contribution in [0.15, 0.2) is 9.05 Å². The SMILES string of the molecule is Cc1nc(C2CN(C(=O)OC(C)(C)C)C2)no1.Cc1nc(C2CNC2)no1.Cl. The number of hydrogen-bond donors (Lipinski definition) is 1. The normalized spacial score (nSPS) is 17.0. The van der Waals surface area contributed by atoms with Gasteiger partial charge in [-0.25, -0.2) is 4.79 Å². The summed E-state index contributed by atoms with van der Waals surface area (Å²) in [5.74, 6) is 3.37. The number of amides is 1. The summed E-state index contributed by atoms with van der Waals surface area (Å²) in [4.78, 5) is 21.6. The van der Waals surface area contributed by atoms with E-state index in [1.807, 2.05) is 27.7 Å². The van der Waals surface area contributed by atoms with Gasteiger partial charge in [0.05, 0.1) is 5.92 Å². The number of rotatable bonds is 2. The fourth-order valence-corrected chi connectivity index (χ4v) is 2.55. The van der Waals surface area contributed by atoms with Crippen molar-refractivity contribution in [3.8, 4) is 0 Å². The van der Waals surface area contributed by atoms with Gasteiger partial charge in [0.15, 0.2) is 11.6 Å². The first kappa shape index (κ1) is 22.1. The molecule has 11 heteroatoms. The number of nitrogens with one attached hydrogen (secondary N) is 1. The molecule has 10 nitrogen and oxygen atoms in total. The lowest BCUT2D eigenvalue weighted by atomic mass is 10.0. The van der Waals surface area contributed by atoms with Crippen LogP contribution >= 0.6 is 12.4 Å². The lowest BCUT2D eigenvalue weighted by Crippen LogP contribution is -2.50. The number of hydrogen-bond acceptors (Lipinski definition) is 9. The molecule has 2 aromatic rings. The maximum atomic E-state index is 11.7. The van der Waals surface area contributed by atoms with Crippen molar-refractivity contribution in [1.82, 2.24) is 30.5 Å². The Morgan fingerprint density at radius 1 is 1.04 bits per heavy atom. The minimum atomic E-state index is -0.453. The molecule has 2 fully saturated rings. The zero-order valence-electron chi connectivity index (χ0n) is 16.8. The number of halogens is 1. The molecule has 156 valence electrons. The first-order valence-electron chi connectivity index (χ1n) is 9.00. The van der Waals surface area contributed by atoms with E-state index in [-0.39, 0.29) is 24.4 Å². The number of aryl methyl sites for hydroxylation is 2. The van der Waals surface area contributed by atoms with Crippen LogP contribution in [0.5, 0.6) is 0 Å². The average Bonchev–Trinajstić information content (AvgIpc) is 3.03. The summed E-state index contributed by atoms with van der Waals surface area (Å²) in [7, 11) is 0. The molecule has 0 aromatic carbocycles. The van der Waals surface area contributed by atoms with E-state index in [1.165, 1.54) is 0 Å². The van der Waals surface area contributed by atoms with Crippen molar-refractivity contribution in [3.05, 3.63) is 23.4 Å². The van der Waals surface area contributed by atoms with Crippen molar-refractivity contribution in [2.75, 3.05) is 26.2 Å². The van der Waals surface area contributed by atoms with Crippen molar-refractivity contribution >= 4 is 18.5 Å². The van der Waals surface area contributed by atoms with E-state index in [9.17, 15) is 4.79 Å². The molecule has 0 aliphatic carbocycles. The molecule has 2 aliphatic rings. The maximum Gasteiger partial charge on any atom is 0.410 e. The van der Waals surface area contributed by atoms with Crippen LogP contribution in [-0.2, 0) is 4.74 Å². The lowest BCUT2D eigenvalue weighted by molar-refractivity contribution is 0.00734. The Hall–Kier alpha value is -2.20. The Morgan fingerprint density at radius 2 is 1.54 bits per heavy atom. The third-order valence-corrected chi connectivity index (χ3v) is 4.13. The molecule has 0 unspecified atom stereocenters. The van der Waals surface area contributed by atoms with Gasteiger partial charge >= 0.3 is 6.09 Å². The molecule has 1 N–H and O–H groups in total. The largest absolute Gasteiger partial charge is 0.444 e. The number of likely N-dealkylation sites (tertiary alicyclic amines) is 1. The van der Waals surface area contributed by atoms with Crippen LogP contribution in [0.4, 0.5) is 4.79 Å². The van der Waals surface area contributed by atoms with Crippen molar-refractivity contribution in [3.63, 3.8) is 0 Å². The minimum absolute atomic E-state index is 0. The van der Waals surface area contributed by atoms with E-state index in [0.29, 0.717) is 36.6 Å². The van der Waals surface area contributed by atoms with Crippen LogP contribution in [0.25, 0.3) is 0 Å². The van der Waals surface area contributed by atoms with Crippen LogP contribution in [0.1, 0.15) is 56.0 Å². The van der Waals surface area contributed by atoms with E-state index in [4.69, 9.17) is 13.8 Å². The summed E-state index contributed by atoms with van der Waals surface area (Å²) in [6.07, 6.45) is -0.283. The molecule has 0 spiro atoms. The van der Waals surface area contributed by atoms with Gasteiger partial charge in [-0.1, -0.05) is 10.3 Å². The predicted molar refractivity (Wildman–Crippen MR) is 101 cm³/mol. The summed E-state index contributed by atoms with van der Waals surface area (Å²) >= 11 is 0. The zero-order chi connectivity index (χ0) is 19.6. The highest BCUT2D eigenvalue weighted by Crippen LogP contribution is 2.26. The van der Waals surface area contributed by atoms with Crippen molar-refractivity contribution in [2.24, 2.45) is 0 Å². The number of carbonyl (C=O) groups excluding carboxylic acids is 1. The molecule has 4 heterocycles. The number of nitrogens with zero attached hydrogens (tertiary/aromatic N) is 5. The van der Waals surface area contributed by atoms with Gasteiger partial charge in [0.2, 0.25) is 11.8 Å². The average molecular weight is 415 g/mol. The standard InChI is InChI=1S/C11H17N3O3.C6H9N3O.ClH/c1-7-12-9(13-17-7)8-5-14(6-8)10(15)16-11(2,3)4;1-4-8-6(9-10-4)5-2-7-3-5;/h8H,5-6H2,1-4H3;5,7H,2-3H2,1H3;1H. The first-order valence-corrected chi connectivity index (χ1v) is 9.00. The van der Waals surface area contributed by atoms with Crippen LogP contribution in [-0.4, -0.2) is 63.1 Å². The van der Waals surface area contributed by atoms with Gasteiger partial charge in [-0.2, -0.15) is 9.97 Å². The minimum Gasteiger partial charge on any atom is -0.444 e. The van der Waals surface area contributed by atoms with Crippen molar-refractivity contribution in [2.45, 2.75) is 52.1 Å². The Balaban J connectivity index is 0.000000217.